The minimum Gasteiger partial charge on any atom is -0.463 e. The van der Waals surface area contributed by atoms with Crippen molar-refractivity contribution in [3.63, 3.8) is 0 Å². The highest BCUT2D eigenvalue weighted by atomic mass is 32.2. The summed E-state index contributed by atoms with van der Waals surface area (Å²) in [5.74, 6) is -1.82. The van der Waals surface area contributed by atoms with Crippen LogP contribution in [0.2, 0.25) is 0 Å². The van der Waals surface area contributed by atoms with Crippen LogP contribution in [0, 0.1) is 26.0 Å². The third kappa shape index (κ3) is 13.0. The Kier molecular flexibility index (Phi) is 14.4. The Labute approximate surface area is 270 Å². The SMILES string of the molecule is CC(CCC(COC(=O)C[C@H](O)C[C@H](O)/C=C/c1c(-c2ccc(F)cc2)nc(N(C)S(C)(=O)=O)nc1C(C)C)O[N+](=O)[O-])O[N+](=O)[O-]. The number of hydrogen-bond donors (Lipinski definition) is 2. The lowest BCUT2D eigenvalue weighted by Gasteiger charge is -2.20. The van der Waals surface area contributed by atoms with Crippen LogP contribution in [-0.2, 0) is 29.2 Å². The van der Waals surface area contributed by atoms with Gasteiger partial charge < -0.3 is 24.6 Å². The van der Waals surface area contributed by atoms with Gasteiger partial charge >= 0.3 is 5.97 Å². The van der Waals surface area contributed by atoms with Crippen LogP contribution in [0.1, 0.15) is 63.6 Å². The van der Waals surface area contributed by atoms with Crippen LogP contribution in [0.3, 0.4) is 0 Å². The molecule has 0 radical (unpaired) electrons. The summed E-state index contributed by atoms with van der Waals surface area (Å²) in [7, 11) is -2.44. The van der Waals surface area contributed by atoms with Crippen molar-refractivity contribution in [3.8, 4) is 11.3 Å². The Morgan fingerprint density at radius 3 is 2.23 bits per heavy atom. The van der Waals surface area contributed by atoms with E-state index in [1.807, 2.05) is 13.8 Å². The molecule has 2 rings (SSSR count). The van der Waals surface area contributed by atoms with Crippen molar-refractivity contribution in [2.24, 2.45) is 0 Å². The fourth-order valence-corrected chi connectivity index (χ4v) is 4.57. The predicted molar refractivity (Wildman–Crippen MR) is 165 cm³/mol. The van der Waals surface area contributed by atoms with Gasteiger partial charge in [-0.05, 0) is 49.9 Å². The van der Waals surface area contributed by atoms with Crippen molar-refractivity contribution in [2.45, 2.75) is 76.8 Å². The van der Waals surface area contributed by atoms with Gasteiger partial charge in [-0.1, -0.05) is 26.0 Å². The highest BCUT2D eigenvalue weighted by Crippen LogP contribution is 2.32. The second kappa shape index (κ2) is 17.4. The number of carbonyl (C=O) groups excluding carboxylic acids is 1. The number of aliphatic hydroxyl groups excluding tert-OH is 2. The maximum absolute atomic E-state index is 13.7. The number of halogens is 1. The molecule has 0 amide bonds. The normalized spacial score (nSPS) is 14.3. The first-order valence-corrected chi connectivity index (χ1v) is 16.2. The van der Waals surface area contributed by atoms with Gasteiger partial charge in [-0.3, -0.25) is 4.79 Å². The van der Waals surface area contributed by atoms with E-state index in [9.17, 15) is 48.0 Å². The molecule has 0 aliphatic carbocycles. The number of aliphatic hydroxyl groups is 2. The largest absolute Gasteiger partial charge is 0.463 e. The van der Waals surface area contributed by atoms with E-state index in [4.69, 9.17) is 4.74 Å². The number of nitrogens with zero attached hydrogens (tertiary/aromatic N) is 5. The first kappa shape index (κ1) is 38.7. The number of hydrogen-bond acceptors (Lipinski definition) is 14. The van der Waals surface area contributed by atoms with Gasteiger partial charge in [0.25, 0.3) is 10.2 Å². The second-order valence-electron chi connectivity index (χ2n) is 10.9. The lowest BCUT2D eigenvalue weighted by molar-refractivity contribution is -0.772. The summed E-state index contributed by atoms with van der Waals surface area (Å²) in [6.07, 6.45) is -2.06. The number of esters is 1. The molecule has 47 heavy (non-hydrogen) atoms. The molecule has 0 saturated heterocycles. The maximum atomic E-state index is 13.7. The molecule has 4 atom stereocenters. The number of rotatable bonds is 19. The Bertz CT molecular complexity index is 1520. The standard InChI is InChI=1S/C28H38FN5O12S/c1-17(2)26-24(27(19-7-9-20(29)10-8-19)31-28(30-26)32(4)47(5,42)43)13-11-21(35)14-22(36)15-25(37)44-16-23(46-34(40)41)12-6-18(3)45-33(38)39/h7-11,13,17-18,21-23,35-36H,6,12,14-16H2,1-5H3/b13-11+/t18?,21-,22-,23?/m1/s1. The lowest BCUT2D eigenvalue weighted by Crippen LogP contribution is -2.28. The van der Waals surface area contributed by atoms with E-state index < -0.39 is 69.4 Å². The molecule has 1 aromatic heterocycles. The number of ether oxygens (including phenoxy) is 1. The monoisotopic (exact) mass is 687 g/mol. The van der Waals surface area contributed by atoms with Crippen LogP contribution >= 0.6 is 0 Å². The highest BCUT2D eigenvalue weighted by Gasteiger charge is 2.24. The molecule has 2 N–H and O–H groups in total. The number of aromatic nitrogens is 2. The molecule has 2 unspecified atom stereocenters. The lowest BCUT2D eigenvalue weighted by atomic mass is 9.97. The molecule has 17 nitrogen and oxygen atoms in total. The molecule has 0 saturated carbocycles. The number of anilines is 1. The molecule has 0 spiro atoms. The van der Waals surface area contributed by atoms with Gasteiger partial charge in [0.05, 0.1) is 36.3 Å². The Hall–Kier alpha value is -4.49. The Morgan fingerprint density at radius 1 is 1.06 bits per heavy atom. The zero-order valence-electron chi connectivity index (χ0n) is 26.4. The molecule has 0 aliphatic rings. The zero-order valence-corrected chi connectivity index (χ0v) is 27.2. The van der Waals surface area contributed by atoms with Crippen LogP contribution in [0.25, 0.3) is 17.3 Å². The van der Waals surface area contributed by atoms with E-state index in [1.54, 1.807) is 0 Å². The van der Waals surface area contributed by atoms with Crippen LogP contribution < -0.4 is 4.31 Å². The van der Waals surface area contributed by atoms with E-state index in [1.165, 1.54) is 50.4 Å². The average Bonchev–Trinajstić information content (AvgIpc) is 2.95. The third-order valence-electron chi connectivity index (χ3n) is 6.63. The number of benzene rings is 1. The van der Waals surface area contributed by atoms with Crippen molar-refractivity contribution >= 4 is 28.0 Å². The summed E-state index contributed by atoms with van der Waals surface area (Å²) in [4.78, 5) is 51.1. The van der Waals surface area contributed by atoms with Crippen molar-refractivity contribution in [3.05, 3.63) is 67.6 Å². The van der Waals surface area contributed by atoms with Gasteiger partial charge in [-0.25, -0.2) is 27.1 Å². The number of sulfonamides is 1. The summed E-state index contributed by atoms with van der Waals surface area (Å²) >= 11 is 0. The molecule has 1 aromatic carbocycles. The first-order chi connectivity index (χ1) is 21.9. The van der Waals surface area contributed by atoms with Crippen LogP contribution in [0.15, 0.2) is 30.3 Å². The fraction of sp³-hybridized carbons (Fsp3) is 0.536. The van der Waals surface area contributed by atoms with Gasteiger partial charge in [-0.15, -0.1) is 20.2 Å². The summed E-state index contributed by atoms with van der Waals surface area (Å²) < 4.78 is 44.0. The van der Waals surface area contributed by atoms with Gasteiger partial charge in [0.15, 0.2) is 0 Å². The maximum Gasteiger partial charge on any atom is 0.308 e. The molecule has 0 bridgehead atoms. The van der Waals surface area contributed by atoms with Crippen molar-refractivity contribution in [2.75, 3.05) is 24.2 Å². The highest BCUT2D eigenvalue weighted by molar-refractivity contribution is 7.92. The number of carbonyl (C=O) groups is 1. The van der Waals surface area contributed by atoms with E-state index in [2.05, 4.69) is 19.6 Å². The Balaban J connectivity index is 2.18. The predicted octanol–water partition coefficient (Wildman–Crippen LogP) is 2.81. The molecule has 260 valence electrons. The molecular formula is C28H38FN5O12S. The minimum atomic E-state index is -3.73. The third-order valence-corrected chi connectivity index (χ3v) is 7.79. The van der Waals surface area contributed by atoms with Crippen LogP contribution in [0.4, 0.5) is 10.3 Å². The molecule has 0 aliphatic heterocycles. The molecule has 1 heterocycles. The van der Waals surface area contributed by atoms with Gasteiger partial charge in [-0.2, -0.15) is 0 Å². The summed E-state index contributed by atoms with van der Waals surface area (Å²) in [6.45, 7) is 4.43. The topological polar surface area (TPSA) is 235 Å². The van der Waals surface area contributed by atoms with E-state index >= 15 is 0 Å². The molecule has 19 heteroatoms. The first-order valence-electron chi connectivity index (χ1n) is 14.3. The second-order valence-corrected chi connectivity index (χ2v) is 12.9. The van der Waals surface area contributed by atoms with Gasteiger partial charge in [0.2, 0.25) is 16.0 Å². The van der Waals surface area contributed by atoms with E-state index in [-0.39, 0.29) is 36.8 Å². The smallest absolute Gasteiger partial charge is 0.308 e. The Morgan fingerprint density at radius 2 is 1.68 bits per heavy atom. The van der Waals surface area contributed by atoms with Gasteiger partial charge in [0, 0.05) is 24.6 Å². The summed E-state index contributed by atoms with van der Waals surface area (Å²) in [6, 6.07) is 5.33. The summed E-state index contributed by atoms with van der Waals surface area (Å²) in [5.41, 5.74) is 1.52. The zero-order chi connectivity index (χ0) is 35.5. The van der Waals surface area contributed by atoms with Crippen molar-refractivity contribution in [1.29, 1.82) is 0 Å². The molecular weight excluding hydrogens is 649 g/mol. The van der Waals surface area contributed by atoms with E-state index in [0.29, 0.717) is 16.8 Å². The molecule has 0 fully saturated rings. The average molecular weight is 688 g/mol. The van der Waals surface area contributed by atoms with Crippen LogP contribution in [-0.4, -0.2) is 89.1 Å². The quantitative estimate of drug-likeness (QED) is 0.123. The minimum absolute atomic E-state index is 0.0121. The fourth-order valence-electron chi connectivity index (χ4n) is 4.19. The summed E-state index contributed by atoms with van der Waals surface area (Å²) in [5, 5.41) is 40.1. The van der Waals surface area contributed by atoms with Crippen molar-refractivity contribution < 1.29 is 52.4 Å². The van der Waals surface area contributed by atoms with Crippen molar-refractivity contribution in [1.82, 2.24) is 9.97 Å². The van der Waals surface area contributed by atoms with Crippen LogP contribution in [0.5, 0.6) is 0 Å². The molecule has 2 aromatic rings. The van der Waals surface area contributed by atoms with Gasteiger partial charge in [0.1, 0.15) is 24.6 Å². The van der Waals surface area contributed by atoms with E-state index in [0.717, 1.165) is 10.6 Å².